The standard InChI is InChI=1S/C13H20N4OS/c1-4-14-10(3)12-16-17-13(18-12)15-9(2)7-11-5-6-19-8-11/h5-6,8-10,14H,4,7H2,1-3H3,(H,15,17). The molecule has 19 heavy (non-hydrogen) atoms. The molecule has 2 aromatic rings. The molecule has 2 aromatic heterocycles. The van der Waals surface area contributed by atoms with Crippen LogP contribution in [0.1, 0.15) is 38.3 Å². The summed E-state index contributed by atoms with van der Waals surface area (Å²) in [7, 11) is 0. The minimum atomic E-state index is 0.0835. The number of hydrogen-bond acceptors (Lipinski definition) is 6. The van der Waals surface area contributed by atoms with Crippen molar-refractivity contribution in [2.45, 2.75) is 39.3 Å². The first kappa shape index (κ1) is 14.0. The maximum Gasteiger partial charge on any atom is 0.315 e. The average molecular weight is 280 g/mol. The predicted octanol–water partition coefficient (Wildman–Crippen LogP) is 2.84. The Morgan fingerprint density at radius 1 is 1.37 bits per heavy atom. The molecule has 2 rings (SSSR count). The van der Waals surface area contributed by atoms with Gasteiger partial charge in [0, 0.05) is 6.04 Å². The van der Waals surface area contributed by atoms with Gasteiger partial charge in [-0.25, -0.2) is 0 Å². The van der Waals surface area contributed by atoms with Crippen molar-refractivity contribution >= 4 is 17.4 Å². The zero-order valence-electron chi connectivity index (χ0n) is 11.5. The molecule has 0 bridgehead atoms. The lowest BCUT2D eigenvalue weighted by molar-refractivity contribution is 0.427. The second-order valence-electron chi connectivity index (χ2n) is 4.61. The lowest BCUT2D eigenvalue weighted by Crippen LogP contribution is -2.18. The molecule has 0 aliphatic carbocycles. The van der Waals surface area contributed by atoms with E-state index >= 15 is 0 Å². The van der Waals surface area contributed by atoms with Gasteiger partial charge in [0.2, 0.25) is 5.89 Å². The van der Waals surface area contributed by atoms with Crippen LogP contribution in [0.15, 0.2) is 21.2 Å². The molecule has 0 aliphatic rings. The smallest absolute Gasteiger partial charge is 0.315 e. The molecule has 6 heteroatoms. The van der Waals surface area contributed by atoms with Crippen molar-refractivity contribution in [2.24, 2.45) is 0 Å². The van der Waals surface area contributed by atoms with Gasteiger partial charge in [-0.2, -0.15) is 11.3 Å². The zero-order chi connectivity index (χ0) is 13.7. The third-order valence-electron chi connectivity index (χ3n) is 2.81. The number of nitrogens with zero attached hydrogens (tertiary/aromatic N) is 2. The minimum absolute atomic E-state index is 0.0835. The molecule has 0 spiro atoms. The van der Waals surface area contributed by atoms with Crippen LogP contribution in [0.3, 0.4) is 0 Å². The van der Waals surface area contributed by atoms with Crippen LogP contribution in [0.2, 0.25) is 0 Å². The van der Waals surface area contributed by atoms with Gasteiger partial charge in [0.05, 0.1) is 6.04 Å². The number of nitrogens with one attached hydrogen (secondary N) is 2. The summed E-state index contributed by atoms with van der Waals surface area (Å²) in [5.41, 5.74) is 1.32. The van der Waals surface area contributed by atoms with Gasteiger partial charge in [-0.15, -0.1) is 5.10 Å². The van der Waals surface area contributed by atoms with E-state index in [2.05, 4.69) is 51.5 Å². The molecule has 2 heterocycles. The van der Waals surface area contributed by atoms with Crippen molar-refractivity contribution in [3.8, 4) is 0 Å². The quantitative estimate of drug-likeness (QED) is 0.816. The number of aromatic nitrogens is 2. The first-order chi connectivity index (χ1) is 9.19. The molecule has 0 radical (unpaired) electrons. The molecule has 2 N–H and O–H groups in total. The predicted molar refractivity (Wildman–Crippen MR) is 77.5 cm³/mol. The van der Waals surface area contributed by atoms with Crippen LogP contribution >= 0.6 is 11.3 Å². The zero-order valence-corrected chi connectivity index (χ0v) is 12.3. The fourth-order valence-corrected chi connectivity index (χ4v) is 2.57. The van der Waals surface area contributed by atoms with Crippen molar-refractivity contribution in [3.63, 3.8) is 0 Å². The fourth-order valence-electron chi connectivity index (χ4n) is 1.89. The summed E-state index contributed by atoms with van der Waals surface area (Å²) in [6.07, 6.45) is 0.948. The lowest BCUT2D eigenvalue weighted by Gasteiger charge is -2.10. The molecule has 0 fully saturated rings. The van der Waals surface area contributed by atoms with Crippen LogP contribution in [0.4, 0.5) is 6.01 Å². The van der Waals surface area contributed by atoms with Crippen LogP contribution in [0.25, 0.3) is 0 Å². The van der Waals surface area contributed by atoms with E-state index in [1.165, 1.54) is 5.56 Å². The summed E-state index contributed by atoms with van der Waals surface area (Å²) in [5, 5.41) is 18.8. The van der Waals surface area contributed by atoms with E-state index in [1.54, 1.807) is 11.3 Å². The highest BCUT2D eigenvalue weighted by Crippen LogP contribution is 2.15. The maximum absolute atomic E-state index is 5.59. The molecule has 104 valence electrons. The molecule has 0 aliphatic heterocycles. The highest BCUT2D eigenvalue weighted by molar-refractivity contribution is 7.07. The van der Waals surface area contributed by atoms with Crippen LogP contribution in [0.5, 0.6) is 0 Å². The summed E-state index contributed by atoms with van der Waals surface area (Å²) in [4.78, 5) is 0. The second kappa shape index (κ2) is 6.68. The van der Waals surface area contributed by atoms with Gasteiger partial charge < -0.3 is 15.1 Å². The highest BCUT2D eigenvalue weighted by atomic mass is 32.1. The number of rotatable bonds is 7. The first-order valence-electron chi connectivity index (χ1n) is 6.53. The fraction of sp³-hybridized carbons (Fsp3) is 0.538. The highest BCUT2D eigenvalue weighted by Gasteiger charge is 2.14. The summed E-state index contributed by atoms with van der Waals surface area (Å²) >= 11 is 1.71. The van der Waals surface area contributed by atoms with Gasteiger partial charge in [-0.05, 0) is 49.2 Å². The second-order valence-corrected chi connectivity index (χ2v) is 5.39. The van der Waals surface area contributed by atoms with E-state index in [0.29, 0.717) is 11.9 Å². The van der Waals surface area contributed by atoms with Crippen molar-refractivity contribution in [2.75, 3.05) is 11.9 Å². The lowest BCUT2D eigenvalue weighted by atomic mass is 10.1. The van der Waals surface area contributed by atoms with Gasteiger partial charge in [0.1, 0.15) is 0 Å². The number of hydrogen-bond donors (Lipinski definition) is 2. The first-order valence-corrected chi connectivity index (χ1v) is 7.47. The normalized spacial score (nSPS) is 14.3. The maximum atomic E-state index is 5.59. The third-order valence-corrected chi connectivity index (χ3v) is 3.55. The Morgan fingerprint density at radius 2 is 2.21 bits per heavy atom. The van der Waals surface area contributed by atoms with E-state index < -0.39 is 0 Å². The largest absolute Gasteiger partial charge is 0.406 e. The Balaban J connectivity index is 1.88. The molecule has 0 amide bonds. The molecule has 2 unspecified atom stereocenters. The van der Waals surface area contributed by atoms with Gasteiger partial charge in [0.25, 0.3) is 0 Å². The Hall–Kier alpha value is -1.40. The van der Waals surface area contributed by atoms with Crippen molar-refractivity contribution < 1.29 is 4.42 Å². The van der Waals surface area contributed by atoms with Crippen molar-refractivity contribution in [1.29, 1.82) is 0 Å². The Bertz CT molecular complexity index is 483. The van der Waals surface area contributed by atoms with E-state index in [0.717, 1.165) is 13.0 Å². The van der Waals surface area contributed by atoms with E-state index in [1.807, 2.05) is 6.92 Å². The van der Waals surface area contributed by atoms with Crippen molar-refractivity contribution in [3.05, 3.63) is 28.3 Å². The molecule has 2 atom stereocenters. The van der Waals surface area contributed by atoms with Crippen LogP contribution in [0, 0.1) is 0 Å². The Labute approximate surface area is 117 Å². The number of anilines is 1. The van der Waals surface area contributed by atoms with E-state index in [9.17, 15) is 0 Å². The third kappa shape index (κ3) is 4.04. The Morgan fingerprint density at radius 3 is 2.89 bits per heavy atom. The average Bonchev–Trinajstić information content (AvgIpc) is 3.00. The van der Waals surface area contributed by atoms with Crippen molar-refractivity contribution in [1.82, 2.24) is 15.5 Å². The Kier molecular flexibility index (Phi) is 4.93. The summed E-state index contributed by atoms with van der Waals surface area (Å²) < 4.78 is 5.59. The van der Waals surface area contributed by atoms with E-state index in [-0.39, 0.29) is 12.1 Å². The molecule has 0 aromatic carbocycles. The summed E-state index contributed by atoms with van der Waals surface area (Å²) in [6, 6.07) is 2.97. The van der Waals surface area contributed by atoms with Gasteiger partial charge >= 0.3 is 6.01 Å². The molecular formula is C13H20N4OS. The van der Waals surface area contributed by atoms with Crippen LogP contribution < -0.4 is 10.6 Å². The summed E-state index contributed by atoms with van der Waals surface area (Å²) in [5.74, 6) is 0.618. The molecule has 0 saturated carbocycles. The van der Waals surface area contributed by atoms with Gasteiger partial charge in [-0.3, -0.25) is 0 Å². The van der Waals surface area contributed by atoms with E-state index in [4.69, 9.17) is 4.42 Å². The SMILES string of the molecule is CCNC(C)c1nnc(NC(C)Cc2ccsc2)o1. The molecule has 5 nitrogen and oxygen atoms in total. The van der Waals surface area contributed by atoms with Gasteiger partial charge in [0.15, 0.2) is 0 Å². The van der Waals surface area contributed by atoms with Gasteiger partial charge in [-0.1, -0.05) is 12.0 Å². The van der Waals surface area contributed by atoms with Crippen LogP contribution in [-0.4, -0.2) is 22.8 Å². The number of thiophene rings is 1. The topological polar surface area (TPSA) is 63.0 Å². The minimum Gasteiger partial charge on any atom is -0.406 e. The molecule has 0 saturated heterocycles. The summed E-state index contributed by atoms with van der Waals surface area (Å²) in [6.45, 7) is 7.04. The monoisotopic (exact) mass is 280 g/mol. The van der Waals surface area contributed by atoms with Crippen LogP contribution in [-0.2, 0) is 6.42 Å². The molecular weight excluding hydrogens is 260 g/mol.